The van der Waals surface area contributed by atoms with Crippen molar-refractivity contribution in [2.24, 2.45) is 18.9 Å². The molecule has 9 nitrogen and oxygen atoms in total. The van der Waals surface area contributed by atoms with E-state index in [1.165, 1.54) is 24.7 Å². The fourth-order valence-electron chi connectivity index (χ4n) is 5.49. The van der Waals surface area contributed by atoms with Crippen LogP contribution in [-0.4, -0.2) is 55.9 Å². The molecule has 2 amide bonds. The first-order chi connectivity index (χ1) is 15.5. The predicted octanol–water partition coefficient (Wildman–Crippen LogP) is 2.55. The van der Waals surface area contributed by atoms with Crippen LogP contribution in [-0.2, 0) is 27.0 Å². The number of hydrogen-bond donors (Lipinski definition) is 3. The van der Waals surface area contributed by atoms with E-state index >= 15 is 0 Å². The summed E-state index contributed by atoms with van der Waals surface area (Å²) in [4.78, 5) is 44.4. The lowest BCUT2D eigenvalue weighted by Crippen LogP contribution is -2.54. The van der Waals surface area contributed by atoms with Gasteiger partial charge in [0, 0.05) is 36.3 Å². The fourth-order valence-corrected chi connectivity index (χ4v) is 6.03. The summed E-state index contributed by atoms with van der Waals surface area (Å²) in [6.07, 6.45) is 2.12. The average Bonchev–Trinajstić information content (AvgIpc) is 3.39. The highest BCUT2D eigenvalue weighted by Gasteiger charge is 2.74. The van der Waals surface area contributed by atoms with Crippen LogP contribution in [0.5, 0.6) is 0 Å². The minimum atomic E-state index is -3.24. The van der Waals surface area contributed by atoms with Gasteiger partial charge in [0.15, 0.2) is 5.82 Å². The van der Waals surface area contributed by atoms with Crippen molar-refractivity contribution in [3.63, 3.8) is 0 Å². The van der Waals surface area contributed by atoms with Crippen LogP contribution in [0.15, 0.2) is 24.7 Å². The van der Waals surface area contributed by atoms with Crippen LogP contribution < -0.4 is 10.6 Å². The summed E-state index contributed by atoms with van der Waals surface area (Å²) >= 11 is 12.4. The van der Waals surface area contributed by atoms with Crippen molar-refractivity contribution in [3.8, 4) is 0 Å². The Morgan fingerprint density at radius 1 is 1.33 bits per heavy atom. The van der Waals surface area contributed by atoms with Crippen LogP contribution in [0, 0.1) is 11.8 Å². The molecule has 0 aliphatic carbocycles. The number of alkyl halides is 2. The molecular weight excluding hydrogens is 483 g/mol. The third-order valence-corrected chi connectivity index (χ3v) is 7.08. The molecule has 13 heteroatoms. The molecule has 2 aromatic rings. The molecule has 1 spiro atoms. The lowest BCUT2D eigenvalue weighted by Gasteiger charge is -2.35. The maximum Gasteiger partial charge on any atom is 0.310 e. The largest absolute Gasteiger partial charge is 0.481 e. The van der Waals surface area contributed by atoms with E-state index in [1.54, 1.807) is 11.6 Å². The molecule has 2 saturated heterocycles. The van der Waals surface area contributed by atoms with E-state index < -0.39 is 60.1 Å². The molecule has 2 fully saturated rings. The maximum absolute atomic E-state index is 14.6. The third-order valence-electron chi connectivity index (χ3n) is 6.56. The summed E-state index contributed by atoms with van der Waals surface area (Å²) in [6, 6.07) is 1.47. The van der Waals surface area contributed by atoms with Crippen molar-refractivity contribution in [1.29, 1.82) is 0 Å². The van der Waals surface area contributed by atoms with E-state index in [2.05, 4.69) is 15.6 Å². The van der Waals surface area contributed by atoms with Crippen molar-refractivity contribution in [2.75, 3.05) is 17.2 Å². The van der Waals surface area contributed by atoms with Gasteiger partial charge < -0.3 is 20.3 Å². The molecule has 0 radical (unpaired) electrons. The zero-order valence-electron chi connectivity index (χ0n) is 17.0. The van der Waals surface area contributed by atoms with Crippen LogP contribution in [0.3, 0.4) is 0 Å². The molecule has 0 unspecified atom stereocenters. The number of hydrogen-bond acceptors (Lipinski definition) is 5. The SMILES string of the molecule is Cn1cnc(NC(=O)[C@H]2[C@H]3CC(F)(F)CN3[C@]3(C(=O)Nc4c(Cl)cc(Cl)cc43)[C@H]2C(=O)O)c1. The summed E-state index contributed by atoms with van der Waals surface area (Å²) in [5, 5.41) is 15.4. The molecular formula is C20H17Cl2F2N5O4. The molecule has 174 valence electrons. The summed E-state index contributed by atoms with van der Waals surface area (Å²) in [5.41, 5.74) is -1.93. The molecule has 3 aliphatic rings. The number of imidazole rings is 1. The number of carbonyl (C=O) groups excluding carboxylic acids is 2. The smallest absolute Gasteiger partial charge is 0.310 e. The first-order valence-corrected chi connectivity index (χ1v) is 10.7. The van der Waals surface area contributed by atoms with Gasteiger partial charge in [-0.2, -0.15) is 0 Å². The molecule has 33 heavy (non-hydrogen) atoms. The Labute approximate surface area is 195 Å². The highest BCUT2D eigenvalue weighted by atomic mass is 35.5. The fraction of sp³-hybridized carbons (Fsp3) is 0.400. The van der Waals surface area contributed by atoms with Crippen LogP contribution in [0.25, 0.3) is 0 Å². The summed E-state index contributed by atoms with van der Waals surface area (Å²) in [7, 11) is 1.67. The predicted molar refractivity (Wildman–Crippen MR) is 113 cm³/mol. The normalized spacial score (nSPS) is 29.7. The van der Waals surface area contributed by atoms with E-state index in [4.69, 9.17) is 23.2 Å². The van der Waals surface area contributed by atoms with Crippen molar-refractivity contribution in [3.05, 3.63) is 40.3 Å². The lowest BCUT2D eigenvalue weighted by atomic mass is 9.73. The zero-order valence-corrected chi connectivity index (χ0v) is 18.5. The number of rotatable bonds is 3. The number of carboxylic acids is 1. The topological polar surface area (TPSA) is 117 Å². The Balaban J connectivity index is 1.70. The van der Waals surface area contributed by atoms with E-state index in [1.807, 2.05) is 0 Å². The van der Waals surface area contributed by atoms with Crippen molar-refractivity contribution in [2.45, 2.75) is 23.9 Å². The number of anilines is 2. The van der Waals surface area contributed by atoms with E-state index in [9.17, 15) is 28.3 Å². The highest BCUT2D eigenvalue weighted by molar-refractivity contribution is 6.38. The van der Waals surface area contributed by atoms with Crippen LogP contribution in [0.4, 0.5) is 20.3 Å². The van der Waals surface area contributed by atoms with E-state index in [0.29, 0.717) is 0 Å². The number of nitrogens with zero attached hydrogens (tertiary/aromatic N) is 3. The Bertz CT molecular complexity index is 1220. The van der Waals surface area contributed by atoms with E-state index in [-0.39, 0.29) is 27.1 Å². The van der Waals surface area contributed by atoms with Crippen LogP contribution in [0.1, 0.15) is 12.0 Å². The van der Waals surface area contributed by atoms with Gasteiger partial charge in [-0.05, 0) is 12.1 Å². The van der Waals surface area contributed by atoms with Gasteiger partial charge >= 0.3 is 5.97 Å². The van der Waals surface area contributed by atoms with Gasteiger partial charge in [-0.3, -0.25) is 19.3 Å². The van der Waals surface area contributed by atoms with Crippen LogP contribution in [0.2, 0.25) is 10.0 Å². The number of carboxylic acid groups (broad SMARTS) is 1. The highest BCUT2D eigenvalue weighted by Crippen LogP contribution is 2.60. The molecule has 5 rings (SSSR count). The Hall–Kier alpha value is -2.76. The lowest BCUT2D eigenvalue weighted by molar-refractivity contribution is -0.153. The molecule has 4 atom stereocenters. The molecule has 1 aromatic carbocycles. The molecule has 0 bridgehead atoms. The van der Waals surface area contributed by atoms with Gasteiger partial charge in [0.1, 0.15) is 11.5 Å². The summed E-state index contributed by atoms with van der Waals surface area (Å²) < 4.78 is 30.8. The Morgan fingerprint density at radius 2 is 2.06 bits per heavy atom. The number of aryl methyl sites for hydroxylation is 1. The van der Waals surface area contributed by atoms with Crippen molar-refractivity contribution >= 4 is 52.5 Å². The molecule has 0 saturated carbocycles. The standard InChI is InChI=1S/C20H17Cl2F2N5O4/c1-28-5-12(25-7-28)26-16(30)13-11-4-19(23,24)6-29(11)20(14(13)17(31)32)9-2-8(21)3-10(22)15(9)27-18(20)33/h2-3,5,7,11,13-14H,4,6H2,1H3,(H,26,30)(H,27,33)(H,31,32)/t11-,13+,14-,20+/m1/s1. The monoisotopic (exact) mass is 499 g/mol. The number of carbonyl (C=O) groups is 3. The summed E-state index contributed by atoms with van der Waals surface area (Å²) in [6.45, 7) is -0.897. The first-order valence-electron chi connectivity index (χ1n) is 9.93. The minimum absolute atomic E-state index is 0.0377. The number of amides is 2. The van der Waals surface area contributed by atoms with Gasteiger partial charge in [-0.25, -0.2) is 13.8 Å². The Morgan fingerprint density at radius 3 is 2.70 bits per heavy atom. The molecule has 1 aromatic heterocycles. The summed E-state index contributed by atoms with van der Waals surface area (Å²) in [5.74, 6) is -9.41. The molecule has 3 N–H and O–H groups in total. The first kappa shape index (κ1) is 22.1. The second-order valence-electron chi connectivity index (χ2n) is 8.54. The van der Waals surface area contributed by atoms with Crippen LogP contribution >= 0.6 is 23.2 Å². The number of nitrogens with one attached hydrogen (secondary N) is 2. The zero-order chi connectivity index (χ0) is 23.9. The number of halogens is 4. The average molecular weight is 500 g/mol. The van der Waals surface area contributed by atoms with Gasteiger partial charge in [0.2, 0.25) is 5.91 Å². The van der Waals surface area contributed by atoms with Gasteiger partial charge in [-0.15, -0.1) is 0 Å². The number of fused-ring (bicyclic) bond motifs is 4. The molecule has 3 aliphatic heterocycles. The van der Waals surface area contributed by atoms with Gasteiger partial charge in [0.25, 0.3) is 11.8 Å². The second kappa shape index (κ2) is 7.12. The van der Waals surface area contributed by atoms with E-state index in [0.717, 1.165) is 4.90 Å². The Kier molecular flexibility index (Phi) is 4.76. The van der Waals surface area contributed by atoms with Gasteiger partial charge in [0.05, 0.1) is 29.5 Å². The molecule has 4 heterocycles. The minimum Gasteiger partial charge on any atom is -0.481 e. The maximum atomic E-state index is 14.6. The quantitative estimate of drug-likeness (QED) is 0.597. The van der Waals surface area contributed by atoms with Crippen molar-refractivity contribution < 1.29 is 28.3 Å². The number of aromatic nitrogens is 2. The number of aliphatic carboxylic acids is 1. The van der Waals surface area contributed by atoms with Crippen molar-refractivity contribution in [1.82, 2.24) is 14.5 Å². The van der Waals surface area contributed by atoms with Gasteiger partial charge in [-0.1, -0.05) is 23.2 Å². The number of benzene rings is 1. The second-order valence-corrected chi connectivity index (χ2v) is 9.38. The third kappa shape index (κ3) is 3.06.